The maximum atomic E-state index is 13.0. The van der Waals surface area contributed by atoms with Crippen LogP contribution in [0.5, 0.6) is 0 Å². The number of amides is 2. The number of alkyl halides is 3. The van der Waals surface area contributed by atoms with E-state index in [9.17, 15) is 22.8 Å². The van der Waals surface area contributed by atoms with E-state index in [4.69, 9.17) is 0 Å². The normalized spacial score (nSPS) is 11.1. The quantitative estimate of drug-likeness (QED) is 0.436. The number of aromatic nitrogens is 2. The molecule has 1 aromatic heterocycles. The van der Waals surface area contributed by atoms with Crippen molar-refractivity contribution in [2.24, 2.45) is 0 Å². The highest BCUT2D eigenvalue weighted by molar-refractivity contribution is 8.01. The Labute approximate surface area is 171 Å². The number of hydrogen-bond donors (Lipinski definition) is 2. The van der Waals surface area contributed by atoms with E-state index in [1.54, 1.807) is 30.3 Å². The molecular formula is C18H13F3N4O2S2. The number of carbonyl (C=O) groups is 2. The van der Waals surface area contributed by atoms with E-state index < -0.39 is 17.6 Å². The third kappa shape index (κ3) is 5.78. The highest BCUT2D eigenvalue weighted by Gasteiger charge is 2.33. The fourth-order valence-corrected chi connectivity index (χ4v) is 3.78. The lowest BCUT2D eigenvalue weighted by Crippen LogP contribution is -2.18. The Morgan fingerprint density at radius 2 is 1.66 bits per heavy atom. The predicted octanol–water partition coefficient (Wildman–Crippen LogP) is 4.54. The van der Waals surface area contributed by atoms with Gasteiger partial charge in [0.05, 0.1) is 17.0 Å². The number of benzene rings is 2. The van der Waals surface area contributed by atoms with Gasteiger partial charge in [-0.15, -0.1) is 10.2 Å². The second-order valence-electron chi connectivity index (χ2n) is 5.57. The van der Waals surface area contributed by atoms with Crippen LogP contribution in [0.2, 0.25) is 0 Å². The lowest BCUT2D eigenvalue weighted by Gasteiger charge is -2.13. The van der Waals surface area contributed by atoms with Crippen LogP contribution in [0.4, 0.5) is 24.0 Å². The summed E-state index contributed by atoms with van der Waals surface area (Å²) in [7, 11) is 0. The van der Waals surface area contributed by atoms with E-state index in [-0.39, 0.29) is 22.5 Å². The van der Waals surface area contributed by atoms with E-state index in [1.807, 2.05) is 0 Å². The summed E-state index contributed by atoms with van der Waals surface area (Å²) >= 11 is 2.07. The summed E-state index contributed by atoms with van der Waals surface area (Å²) < 4.78 is 39.3. The second kappa shape index (κ2) is 9.05. The van der Waals surface area contributed by atoms with Gasteiger partial charge in [-0.05, 0) is 24.3 Å². The van der Waals surface area contributed by atoms with Gasteiger partial charge in [0.25, 0.3) is 5.91 Å². The van der Waals surface area contributed by atoms with Gasteiger partial charge in [-0.3, -0.25) is 14.9 Å². The molecular weight excluding hydrogens is 425 g/mol. The van der Waals surface area contributed by atoms with E-state index in [0.29, 0.717) is 9.90 Å². The van der Waals surface area contributed by atoms with Gasteiger partial charge in [0.1, 0.15) is 0 Å². The van der Waals surface area contributed by atoms with Gasteiger partial charge in [-0.1, -0.05) is 53.4 Å². The number of hydrogen-bond acceptors (Lipinski definition) is 6. The molecule has 2 aromatic carbocycles. The summed E-state index contributed by atoms with van der Waals surface area (Å²) in [5.41, 5.74) is -0.765. The average Bonchev–Trinajstić information content (AvgIpc) is 3.14. The molecule has 0 aliphatic carbocycles. The maximum absolute atomic E-state index is 13.0. The number of halogens is 3. The molecule has 0 saturated heterocycles. The van der Waals surface area contributed by atoms with Crippen molar-refractivity contribution >= 4 is 45.7 Å². The van der Waals surface area contributed by atoms with E-state index in [2.05, 4.69) is 20.8 Å². The first kappa shape index (κ1) is 20.8. The lowest BCUT2D eigenvalue weighted by molar-refractivity contribution is -0.137. The molecule has 0 aliphatic rings. The molecule has 0 fully saturated rings. The minimum atomic E-state index is -4.57. The van der Waals surface area contributed by atoms with Crippen molar-refractivity contribution in [2.45, 2.75) is 10.5 Å². The van der Waals surface area contributed by atoms with Gasteiger partial charge in [0.2, 0.25) is 11.0 Å². The van der Waals surface area contributed by atoms with Gasteiger partial charge in [0.15, 0.2) is 4.34 Å². The number of nitrogens with zero attached hydrogens (tertiary/aromatic N) is 2. The molecule has 11 heteroatoms. The van der Waals surface area contributed by atoms with Gasteiger partial charge >= 0.3 is 6.18 Å². The first-order valence-corrected chi connectivity index (χ1v) is 9.92. The van der Waals surface area contributed by atoms with Gasteiger partial charge in [-0.25, -0.2) is 0 Å². The largest absolute Gasteiger partial charge is 0.418 e. The fourth-order valence-electron chi connectivity index (χ4n) is 2.23. The summed E-state index contributed by atoms with van der Waals surface area (Å²) in [6.07, 6.45) is -4.57. The first-order chi connectivity index (χ1) is 13.8. The Morgan fingerprint density at radius 1 is 0.966 bits per heavy atom. The Hall–Kier alpha value is -2.92. The zero-order chi connectivity index (χ0) is 20.9. The number of thioether (sulfide) groups is 1. The first-order valence-electron chi connectivity index (χ1n) is 8.12. The molecule has 1 heterocycles. The van der Waals surface area contributed by atoms with Crippen LogP contribution in [-0.2, 0) is 11.0 Å². The summed E-state index contributed by atoms with van der Waals surface area (Å²) in [5, 5.41) is 12.8. The number of anilines is 2. The van der Waals surface area contributed by atoms with Crippen LogP contribution in [0.3, 0.4) is 0 Å². The zero-order valence-corrected chi connectivity index (χ0v) is 16.2. The number of para-hydroxylation sites is 1. The summed E-state index contributed by atoms with van der Waals surface area (Å²) in [4.78, 5) is 24.1. The Bertz CT molecular complexity index is 1010. The molecule has 0 spiro atoms. The smallest absolute Gasteiger partial charge is 0.325 e. The topological polar surface area (TPSA) is 84.0 Å². The third-order valence-corrected chi connectivity index (χ3v) is 5.47. The minimum absolute atomic E-state index is 0.159. The fraction of sp³-hybridized carbons (Fsp3) is 0.111. The Balaban J connectivity index is 1.55. The summed E-state index contributed by atoms with van der Waals surface area (Å²) in [6, 6.07) is 13.3. The molecule has 29 heavy (non-hydrogen) atoms. The van der Waals surface area contributed by atoms with Crippen molar-refractivity contribution in [2.75, 3.05) is 16.4 Å². The molecule has 3 aromatic rings. The molecule has 0 bridgehead atoms. The Kier molecular flexibility index (Phi) is 6.49. The second-order valence-corrected chi connectivity index (χ2v) is 7.77. The van der Waals surface area contributed by atoms with Crippen molar-refractivity contribution < 1.29 is 22.8 Å². The predicted molar refractivity (Wildman–Crippen MR) is 105 cm³/mol. The number of rotatable bonds is 6. The molecule has 0 aliphatic heterocycles. The van der Waals surface area contributed by atoms with Crippen molar-refractivity contribution in [3.8, 4) is 0 Å². The van der Waals surface area contributed by atoms with E-state index >= 15 is 0 Å². The number of nitrogens with one attached hydrogen (secondary N) is 2. The summed E-state index contributed by atoms with van der Waals surface area (Å²) in [5.74, 6) is -1.12. The Morgan fingerprint density at radius 3 is 2.38 bits per heavy atom. The lowest BCUT2D eigenvalue weighted by atomic mass is 10.1. The molecule has 0 unspecified atom stereocenters. The van der Waals surface area contributed by atoms with E-state index in [1.165, 1.54) is 18.2 Å². The van der Waals surface area contributed by atoms with Crippen molar-refractivity contribution in [3.63, 3.8) is 0 Å². The molecule has 6 nitrogen and oxygen atoms in total. The highest BCUT2D eigenvalue weighted by Crippen LogP contribution is 2.34. The third-order valence-electron chi connectivity index (χ3n) is 3.50. The van der Waals surface area contributed by atoms with Crippen LogP contribution in [0.15, 0.2) is 58.9 Å². The standard InChI is InChI=1S/C18H13F3N4O2S2/c19-18(20,21)12-8-4-5-9-13(12)22-14(26)10-28-17-25-24-16(29-17)23-15(27)11-6-2-1-3-7-11/h1-9H,10H2,(H,22,26)(H,23,24,27). The monoisotopic (exact) mass is 438 g/mol. The van der Waals surface area contributed by atoms with Crippen LogP contribution in [0.1, 0.15) is 15.9 Å². The van der Waals surface area contributed by atoms with Crippen LogP contribution in [-0.4, -0.2) is 27.8 Å². The molecule has 3 rings (SSSR count). The molecule has 0 radical (unpaired) electrons. The van der Waals surface area contributed by atoms with Crippen LogP contribution in [0, 0.1) is 0 Å². The van der Waals surface area contributed by atoms with Crippen molar-refractivity contribution in [1.82, 2.24) is 10.2 Å². The number of carbonyl (C=O) groups excluding carboxylic acids is 2. The SMILES string of the molecule is O=C(CSc1nnc(NC(=O)c2ccccc2)s1)Nc1ccccc1C(F)(F)F. The van der Waals surface area contributed by atoms with Gasteiger partial charge < -0.3 is 5.32 Å². The molecule has 0 saturated carbocycles. The molecule has 2 N–H and O–H groups in total. The zero-order valence-electron chi connectivity index (χ0n) is 14.6. The maximum Gasteiger partial charge on any atom is 0.418 e. The van der Waals surface area contributed by atoms with Crippen molar-refractivity contribution in [3.05, 3.63) is 65.7 Å². The van der Waals surface area contributed by atoms with Gasteiger partial charge in [-0.2, -0.15) is 13.2 Å². The average molecular weight is 438 g/mol. The van der Waals surface area contributed by atoms with Crippen molar-refractivity contribution in [1.29, 1.82) is 0 Å². The highest BCUT2D eigenvalue weighted by atomic mass is 32.2. The molecule has 2 amide bonds. The van der Waals surface area contributed by atoms with Crippen LogP contribution in [0.25, 0.3) is 0 Å². The minimum Gasteiger partial charge on any atom is -0.325 e. The van der Waals surface area contributed by atoms with Crippen LogP contribution < -0.4 is 10.6 Å². The molecule has 0 atom stereocenters. The van der Waals surface area contributed by atoms with Gasteiger partial charge in [0, 0.05) is 5.56 Å². The molecule has 150 valence electrons. The van der Waals surface area contributed by atoms with Crippen LogP contribution >= 0.6 is 23.1 Å². The summed E-state index contributed by atoms with van der Waals surface area (Å²) in [6.45, 7) is 0. The van der Waals surface area contributed by atoms with E-state index in [0.717, 1.165) is 29.2 Å².